The van der Waals surface area contributed by atoms with Gasteiger partial charge in [0.1, 0.15) is 18.5 Å². The minimum absolute atomic E-state index is 0.0110. The summed E-state index contributed by atoms with van der Waals surface area (Å²) in [6, 6.07) is 13.2. The molecule has 26 heavy (non-hydrogen) atoms. The van der Waals surface area contributed by atoms with Gasteiger partial charge in [-0.25, -0.2) is 0 Å². The van der Waals surface area contributed by atoms with Crippen molar-refractivity contribution in [2.24, 2.45) is 0 Å². The molecule has 0 saturated carbocycles. The van der Waals surface area contributed by atoms with Crippen molar-refractivity contribution in [1.82, 2.24) is 5.32 Å². The van der Waals surface area contributed by atoms with Gasteiger partial charge in [-0.2, -0.15) is 0 Å². The smallest absolute Gasteiger partial charge is 0.259 e. The second-order valence-electron chi connectivity index (χ2n) is 5.91. The van der Waals surface area contributed by atoms with Gasteiger partial charge in [0.05, 0.1) is 25.3 Å². The first-order valence-corrected chi connectivity index (χ1v) is 8.18. The van der Waals surface area contributed by atoms with E-state index >= 15 is 0 Å². The highest BCUT2D eigenvalue weighted by atomic mass is 16.5. The number of aliphatic hydroxyl groups is 1. The molecule has 0 bridgehead atoms. The minimum atomic E-state index is -0.891. The Labute approximate surface area is 150 Å². The Hall–Kier alpha value is -2.90. The van der Waals surface area contributed by atoms with E-state index in [0.717, 1.165) is 0 Å². The van der Waals surface area contributed by atoms with Crippen LogP contribution in [0.25, 0.3) is 0 Å². The van der Waals surface area contributed by atoms with E-state index in [4.69, 9.17) is 9.47 Å². The number of morpholine rings is 1. The molecule has 2 atom stereocenters. The summed E-state index contributed by atoms with van der Waals surface area (Å²) in [4.78, 5) is 23.8. The molecule has 3 rings (SSSR count). The molecular weight excluding hydrogens is 336 g/mol. The predicted octanol–water partition coefficient (Wildman–Crippen LogP) is 1.50. The van der Waals surface area contributed by atoms with Gasteiger partial charge < -0.3 is 25.2 Å². The summed E-state index contributed by atoms with van der Waals surface area (Å²) in [5, 5.41) is 15.9. The van der Waals surface area contributed by atoms with Crippen molar-refractivity contribution in [3.8, 4) is 5.75 Å². The summed E-state index contributed by atoms with van der Waals surface area (Å²) in [5.41, 5.74) is 1.64. The zero-order valence-electron chi connectivity index (χ0n) is 14.3. The maximum atomic E-state index is 12.4. The molecule has 0 aromatic heterocycles. The lowest BCUT2D eigenvalue weighted by atomic mass is 10.0. The largest absolute Gasteiger partial charge is 0.496 e. The first kappa shape index (κ1) is 17.9. The van der Waals surface area contributed by atoms with Gasteiger partial charge >= 0.3 is 0 Å². The predicted molar refractivity (Wildman–Crippen MR) is 95.1 cm³/mol. The molecule has 0 spiro atoms. The Balaban J connectivity index is 1.67. The quantitative estimate of drug-likeness (QED) is 0.754. The summed E-state index contributed by atoms with van der Waals surface area (Å²) >= 11 is 0. The van der Waals surface area contributed by atoms with Gasteiger partial charge in [0, 0.05) is 5.69 Å². The molecule has 0 radical (unpaired) electrons. The number of aliphatic hydroxyl groups excluding tert-OH is 1. The first-order valence-electron chi connectivity index (χ1n) is 8.18. The van der Waals surface area contributed by atoms with Crippen molar-refractivity contribution in [1.29, 1.82) is 0 Å². The second-order valence-corrected chi connectivity index (χ2v) is 5.91. The Morgan fingerprint density at radius 3 is 2.69 bits per heavy atom. The lowest BCUT2D eigenvalue weighted by Gasteiger charge is -2.28. The molecule has 3 N–H and O–H groups in total. The molecule has 0 aliphatic carbocycles. The van der Waals surface area contributed by atoms with Crippen molar-refractivity contribution in [2.75, 3.05) is 25.6 Å². The van der Waals surface area contributed by atoms with E-state index in [9.17, 15) is 14.7 Å². The third kappa shape index (κ3) is 4.01. The van der Waals surface area contributed by atoms with Crippen LogP contribution in [0.5, 0.6) is 5.75 Å². The van der Waals surface area contributed by atoms with E-state index in [1.165, 1.54) is 7.11 Å². The molecule has 7 nitrogen and oxygen atoms in total. The van der Waals surface area contributed by atoms with E-state index in [1.54, 1.807) is 48.5 Å². The first-order chi connectivity index (χ1) is 12.6. The van der Waals surface area contributed by atoms with Gasteiger partial charge in [0.2, 0.25) is 5.91 Å². The molecule has 1 aliphatic heterocycles. The Morgan fingerprint density at radius 1 is 1.27 bits per heavy atom. The lowest BCUT2D eigenvalue weighted by Crippen LogP contribution is -2.48. The van der Waals surface area contributed by atoms with E-state index in [-0.39, 0.29) is 25.0 Å². The normalized spacial score (nSPS) is 17.9. The Bertz CT molecular complexity index is 791. The van der Waals surface area contributed by atoms with Crippen LogP contribution in [0.15, 0.2) is 48.5 Å². The fraction of sp³-hybridized carbons (Fsp3) is 0.263. The zero-order valence-corrected chi connectivity index (χ0v) is 14.3. The number of hydrogen-bond donors (Lipinski definition) is 3. The van der Waals surface area contributed by atoms with Crippen LogP contribution in [0.2, 0.25) is 0 Å². The van der Waals surface area contributed by atoms with Gasteiger partial charge in [-0.1, -0.05) is 24.3 Å². The van der Waals surface area contributed by atoms with Gasteiger partial charge in [-0.15, -0.1) is 0 Å². The maximum Gasteiger partial charge on any atom is 0.259 e. The molecular formula is C19H20N2O5. The number of methoxy groups -OCH3 is 1. The van der Waals surface area contributed by atoms with E-state index in [1.807, 2.05) is 0 Å². The SMILES string of the molecule is COc1ccccc1C(=O)Nc1ccc(C(O)[C@H]2COCC(=O)N2)cc1. The number of ether oxygens (including phenoxy) is 2. The topological polar surface area (TPSA) is 96.9 Å². The van der Waals surface area contributed by atoms with Crippen LogP contribution >= 0.6 is 0 Å². The van der Waals surface area contributed by atoms with Crippen LogP contribution in [0.1, 0.15) is 22.0 Å². The molecule has 136 valence electrons. The van der Waals surface area contributed by atoms with Gasteiger partial charge in [0.15, 0.2) is 0 Å². The highest BCUT2D eigenvalue weighted by Crippen LogP contribution is 2.22. The van der Waals surface area contributed by atoms with Crippen molar-refractivity contribution in [3.05, 3.63) is 59.7 Å². The van der Waals surface area contributed by atoms with Crippen molar-refractivity contribution in [3.63, 3.8) is 0 Å². The highest BCUT2D eigenvalue weighted by Gasteiger charge is 2.26. The minimum Gasteiger partial charge on any atom is -0.496 e. The number of benzene rings is 2. The highest BCUT2D eigenvalue weighted by molar-refractivity contribution is 6.06. The van der Waals surface area contributed by atoms with Gasteiger partial charge in [-0.3, -0.25) is 9.59 Å². The maximum absolute atomic E-state index is 12.4. The second kappa shape index (κ2) is 7.99. The van der Waals surface area contributed by atoms with Crippen molar-refractivity contribution >= 4 is 17.5 Å². The average Bonchev–Trinajstić information content (AvgIpc) is 2.68. The summed E-state index contributed by atoms with van der Waals surface area (Å²) in [6.45, 7) is 0.260. The summed E-state index contributed by atoms with van der Waals surface area (Å²) in [5.74, 6) is -0.0465. The standard InChI is InChI=1S/C19H20N2O5/c1-25-16-5-3-2-4-14(16)19(24)20-13-8-6-12(7-9-13)18(23)15-10-26-11-17(22)21-15/h2-9,15,18,23H,10-11H2,1H3,(H,20,24)(H,21,22)/t15-,18?/m1/s1. The molecule has 1 saturated heterocycles. The van der Waals surface area contributed by atoms with E-state index in [2.05, 4.69) is 10.6 Å². The van der Waals surface area contributed by atoms with E-state index < -0.39 is 12.1 Å². The number of anilines is 1. The number of para-hydroxylation sites is 1. The molecule has 1 fully saturated rings. The molecule has 2 amide bonds. The van der Waals surface area contributed by atoms with Crippen LogP contribution in [0.4, 0.5) is 5.69 Å². The van der Waals surface area contributed by atoms with Gasteiger partial charge in [0.25, 0.3) is 5.91 Å². The Kier molecular flexibility index (Phi) is 5.50. The monoisotopic (exact) mass is 356 g/mol. The lowest BCUT2D eigenvalue weighted by molar-refractivity contribution is -0.133. The summed E-state index contributed by atoms with van der Waals surface area (Å²) in [7, 11) is 1.51. The molecule has 2 aromatic carbocycles. The fourth-order valence-electron chi connectivity index (χ4n) is 2.77. The molecule has 1 heterocycles. The third-order valence-corrected chi connectivity index (χ3v) is 4.12. The average molecular weight is 356 g/mol. The molecule has 2 aromatic rings. The van der Waals surface area contributed by atoms with E-state index in [0.29, 0.717) is 22.6 Å². The molecule has 7 heteroatoms. The zero-order chi connectivity index (χ0) is 18.5. The number of nitrogens with one attached hydrogen (secondary N) is 2. The molecule has 1 unspecified atom stereocenters. The fourth-order valence-corrected chi connectivity index (χ4v) is 2.77. The van der Waals surface area contributed by atoms with Crippen LogP contribution in [0, 0.1) is 0 Å². The van der Waals surface area contributed by atoms with Gasteiger partial charge in [-0.05, 0) is 29.8 Å². The third-order valence-electron chi connectivity index (χ3n) is 4.12. The number of hydrogen-bond acceptors (Lipinski definition) is 5. The summed E-state index contributed by atoms with van der Waals surface area (Å²) in [6.07, 6.45) is -0.891. The van der Waals surface area contributed by atoms with Crippen molar-refractivity contribution in [2.45, 2.75) is 12.1 Å². The van der Waals surface area contributed by atoms with Crippen LogP contribution < -0.4 is 15.4 Å². The van der Waals surface area contributed by atoms with Crippen molar-refractivity contribution < 1.29 is 24.2 Å². The van der Waals surface area contributed by atoms with Crippen LogP contribution in [-0.4, -0.2) is 43.3 Å². The molecule has 1 aliphatic rings. The number of carbonyl (C=O) groups is 2. The number of rotatable bonds is 5. The van der Waals surface area contributed by atoms with Crippen LogP contribution in [-0.2, 0) is 9.53 Å². The number of amides is 2. The number of carbonyl (C=O) groups excluding carboxylic acids is 2. The van der Waals surface area contributed by atoms with Crippen LogP contribution in [0.3, 0.4) is 0 Å². The Morgan fingerprint density at radius 2 is 2.00 bits per heavy atom. The summed E-state index contributed by atoms with van der Waals surface area (Å²) < 4.78 is 10.3.